The van der Waals surface area contributed by atoms with Gasteiger partial charge >= 0.3 is 0 Å². The quantitative estimate of drug-likeness (QED) is 0.530. The van der Waals surface area contributed by atoms with Crippen molar-refractivity contribution in [1.82, 2.24) is 20.2 Å². The van der Waals surface area contributed by atoms with Crippen LogP contribution in [-0.4, -0.2) is 26.7 Å². The van der Waals surface area contributed by atoms with E-state index in [0.717, 1.165) is 23.3 Å². The summed E-state index contributed by atoms with van der Waals surface area (Å²) in [6.45, 7) is 2.91. The molecule has 0 unspecified atom stereocenters. The summed E-state index contributed by atoms with van der Waals surface area (Å²) in [7, 11) is 0. The van der Waals surface area contributed by atoms with Crippen LogP contribution in [0.3, 0.4) is 0 Å². The van der Waals surface area contributed by atoms with Gasteiger partial charge in [0.1, 0.15) is 0 Å². The van der Waals surface area contributed by atoms with E-state index in [4.69, 9.17) is 0 Å². The summed E-state index contributed by atoms with van der Waals surface area (Å²) >= 11 is 3.50. The zero-order valence-corrected chi connectivity index (χ0v) is 16.2. The Morgan fingerprint density at radius 3 is 2.92 bits per heavy atom. The molecule has 0 aliphatic heterocycles. The van der Waals surface area contributed by atoms with Gasteiger partial charge in [0.15, 0.2) is 11.6 Å². The summed E-state index contributed by atoms with van der Waals surface area (Å²) in [6.07, 6.45) is 5.17. The third-order valence-corrected chi connectivity index (χ3v) is 5.12. The van der Waals surface area contributed by atoms with Crippen molar-refractivity contribution in [3.63, 3.8) is 0 Å². The number of nitrogens with one attached hydrogen (secondary N) is 3. The number of rotatable bonds is 7. The molecule has 6 nitrogen and oxygen atoms in total. The minimum absolute atomic E-state index is 0.599. The second kappa shape index (κ2) is 7.45. The van der Waals surface area contributed by atoms with Gasteiger partial charge in [-0.2, -0.15) is 10.1 Å². The van der Waals surface area contributed by atoms with Crippen molar-refractivity contribution in [1.29, 1.82) is 0 Å². The number of halogens is 1. The summed E-state index contributed by atoms with van der Waals surface area (Å²) < 4.78 is 0.804. The summed E-state index contributed by atoms with van der Waals surface area (Å²) in [6, 6.07) is 10.5. The second-order valence-corrected chi connectivity index (χ2v) is 7.46. The number of aryl methyl sites for hydroxylation is 1. The van der Waals surface area contributed by atoms with E-state index in [9.17, 15) is 0 Å². The van der Waals surface area contributed by atoms with E-state index < -0.39 is 0 Å². The Balaban J connectivity index is 1.39. The minimum Gasteiger partial charge on any atom is -0.354 e. The highest BCUT2D eigenvalue weighted by molar-refractivity contribution is 9.10. The van der Waals surface area contributed by atoms with Gasteiger partial charge in [0.2, 0.25) is 5.95 Å². The summed E-state index contributed by atoms with van der Waals surface area (Å²) in [4.78, 5) is 8.90. The van der Waals surface area contributed by atoms with Gasteiger partial charge in [0.25, 0.3) is 0 Å². The molecule has 0 atom stereocenters. The van der Waals surface area contributed by atoms with Crippen molar-refractivity contribution in [3.8, 4) is 0 Å². The van der Waals surface area contributed by atoms with Gasteiger partial charge in [-0.05, 0) is 53.2 Å². The van der Waals surface area contributed by atoms with Crippen LogP contribution in [0, 0.1) is 6.92 Å². The van der Waals surface area contributed by atoms with Crippen LogP contribution in [0.4, 0.5) is 17.6 Å². The number of hydrogen-bond acceptors (Lipinski definition) is 5. The van der Waals surface area contributed by atoms with Crippen molar-refractivity contribution in [2.45, 2.75) is 32.1 Å². The van der Waals surface area contributed by atoms with Gasteiger partial charge < -0.3 is 10.6 Å². The summed E-state index contributed by atoms with van der Waals surface area (Å²) in [5.41, 5.74) is 3.83. The fourth-order valence-electron chi connectivity index (χ4n) is 2.86. The fourth-order valence-corrected chi connectivity index (χ4v) is 3.16. The molecule has 3 aromatic rings. The van der Waals surface area contributed by atoms with Crippen LogP contribution in [0.2, 0.25) is 0 Å². The molecule has 1 saturated carbocycles. The molecule has 134 valence electrons. The van der Waals surface area contributed by atoms with Crippen LogP contribution in [0.15, 0.2) is 41.0 Å². The van der Waals surface area contributed by atoms with Crippen LogP contribution in [0.5, 0.6) is 0 Å². The Kier molecular flexibility index (Phi) is 4.88. The minimum atomic E-state index is 0.599. The Morgan fingerprint density at radius 1 is 1.27 bits per heavy atom. The molecule has 1 aromatic carbocycles. The van der Waals surface area contributed by atoms with Crippen molar-refractivity contribution in [3.05, 3.63) is 57.8 Å². The van der Waals surface area contributed by atoms with E-state index in [2.05, 4.69) is 84.0 Å². The first-order valence-electron chi connectivity index (χ1n) is 8.82. The highest BCUT2D eigenvalue weighted by atomic mass is 79.9. The molecule has 2 aromatic heterocycles. The number of anilines is 3. The van der Waals surface area contributed by atoms with Crippen LogP contribution in [0.1, 0.15) is 35.6 Å². The van der Waals surface area contributed by atoms with Crippen LogP contribution in [-0.2, 0) is 6.42 Å². The molecule has 1 aliphatic rings. The van der Waals surface area contributed by atoms with Gasteiger partial charge in [0.05, 0.1) is 4.47 Å². The number of aromatic amines is 1. The van der Waals surface area contributed by atoms with E-state index >= 15 is 0 Å². The molecule has 0 saturated heterocycles. The average Bonchev–Trinajstić information content (AvgIpc) is 3.39. The van der Waals surface area contributed by atoms with E-state index in [0.29, 0.717) is 17.7 Å². The largest absolute Gasteiger partial charge is 0.354 e. The summed E-state index contributed by atoms with van der Waals surface area (Å²) in [5.74, 6) is 2.72. The Bertz CT molecular complexity index is 903. The van der Waals surface area contributed by atoms with Crippen molar-refractivity contribution in [2.75, 3.05) is 17.2 Å². The van der Waals surface area contributed by atoms with Gasteiger partial charge in [-0.15, -0.1) is 0 Å². The molecule has 0 radical (unpaired) electrons. The third-order valence-electron chi connectivity index (χ3n) is 4.54. The highest BCUT2D eigenvalue weighted by Gasteiger charge is 2.25. The maximum absolute atomic E-state index is 4.56. The third kappa shape index (κ3) is 4.04. The second-order valence-electron chi connectivity index (χ2n) is 6.60. The van der Waals surface area contributed by atoms with Crippen molar-refractivity contribution < 1.29 is 0 Å². The SMILES string of the molecule is Cc1ccccc1CCNc1ncc(Br)c(Nc2cc(C3CC3)[nH]n2)n1. The lowest BCUT2D eigenvalue weighted by molar-refractivity contribution is 0.963. The topological polar surface area (TPSA) is 78.5 Å². The number of benzene rings is 1. The highest BCUT2D eigenvalue weighted by Crippen LogP contribution is 2.39. The molecule has 4 rings (SSSR count). The molecular weight excluding hydrogens is 392 g/mol. The number of hydrogen-bond donors (Lipinski definition) is 3. The molecule has 26 heavy (non-hydrogen) atoms. The maximum Gasteiger partial charge on any atom is 0.224 e. The lowest BCUT2D eigenvalue weighted by atomic mass is 10.1. The van der Waals surface area contributed by atoms with E-state index in [-0.39, 0.29) is 0 Å². The van der Waals surface area contributed by atoms with Crippen LogP contribution >= 0.6 is 15.9 Å². The number of nitrogens with zero attached hydrogens (tertiary/aromatic N) is 3. The molecule has 0 spiro atoms. The Labute approximate surface area is 161 Å². The first kappa shape index (κ1) is 17.0. The zero-order chi connectivity index (χ0) is 17.9. The monoisotopic (exact) mass is 412 g/mol. The number of H-pyrrole nitrogens is 1. The van der Waals surface area contributed by atoms with Crippen molar-refractivity contribution >= 4 is 33.5 Å². The van der Waals surface area contributed by atoms with Crippen molar-refractivity contribution in [2.24, 2.45) is 0 Å². The van der Waals surface area contributed by atoms with Gasteiger partial charge in [-0.1, -0.05) is 24.3 Å². The molecule has 7 heteroatoms. The molecule has 3 N–H and O–H groups in total. The normalized spacial score (nSPS) is 13.6. The van der Waals surface area contributed by atoms with Crippen LogP contribution < -0.4 is 10.6 Å². The lowest BCUT2D eigenvalue weighted by Gasteiger charge is -2.09. The average molecular weight is 413 g/mol. The van der Waals surface area contributed by atoms with E-state index in [1.165, 1.54) is 29.7 Å². The Morgan fingerprint density at radius 2 is 2.12 bits per heavy atom. The predicted molar refractivity (Wildman–Crippen MR) is 107 cm³/mol. The zero-order valence-electron chi connectivity index (χ0n) is 14.6. The maximum atomic E-state index is 4.56. The molecular formula is C19H21BrN6. The Hall–Kier alpha value is -2.41. The molecule has 2 heterocycles. The first-order chi connectivity index (χ1) is 12.7. The van der Waals surface area contributed by atoms with E-state index in [1.54, 1.807) is 6.20 Å². The standard InChI is InChI=1S/C19H21BrN6/c1-12-4-2-3-5-13(12)8-9-21-19-22-11-15(20)18(24-19)23-17-10-16(25-26-17)14-6-7-14/h2-5,10-11,14H,6-9H2,1H3,(H3,21,22,23,24,25,26). The van der Waals surface area contributed by atoms with Gasteiger partial charge in [-0.3, -0.25) is 5.10 Å². The predicted octanol–water partition coefficient (Wildman–Crippen LogP) is 4.55. The molecule has 0 amide bonds. The van der Waals surface area contributed by atoms with Gasteiger partial charge in [-0.25, -0.2) is 4.98 Å². The molecule has 1 fully saturated rings. The number of aromatic nitrogens is 4. The van der Waals surface area contributed by atoms with E-state index in [1.807, 2.05) is 0 Å². The fraction of sp³-hybridized carbons (Fsp3) is 0.316. The molecule has 1 aliphatic carbocycles. The smallest absolute Gasteiger partial charge is 0.224 e. The summed E-state index contributed by atoms with van der Waals surface area (Å²) in [5, 5.41) is 14.0. The van der Waals surface area contributed by atoms with Gasteiger partial charge in [0, 0.05) is 30.4 Å². The molecule has 0 bridgehead atoms. The van der Waals surface area contributed by atoms with Crippen LogP contribution in [0.25, 0.3) is 0 Å². The first-order valence-corrected chi connectivity index (χ1v) is 9.61. The lowest BCUT2D eigenvalue weighted by Crippen LogP contribution is -2.09.